The molecule has 0 fully saturated rings. The third kappa shape index (κ3) is 1.83. The summed E-state index contributed by atoms with van der Waals surface area (Å²) in [5.74, 6) is -0.996. The second-order valence-electron chi connectivity index (χ2n) is 3.29. The first-order valence-electron chi connectivity index (χ1n) is 4.58. The van der Waals surface area contributed by atoms with Crippen LogP contribution in [0.5, 0.6) is 0 Å². The Labute approximate surface area is 100 Å². The molecule has 1 aromatic heterocycles. The molecule has 0 aliphatic carbocycles. The monoisotopic (exact) mass is 254 g/mol. The summed E-state index contributed by atoms with van der Waals surface area (Å²) in [6.07, 6.45) is -1.20. The van der Waals surface area contributed by atoms with E-state index in [1.165, 1.54) is 18.2 Å². The lowest BCUT2D eigenvalue weighted by atomic mass is 10.2. The molecule has 0 radical (unpaired) electrons. The second kappa shape index (κ2) is 4.06. The predicted molar refractivity (Wildman–Crippen MR) is 59.7 cm³/mol. The standard InChI is InChI=1S/C10H7ClN2O4/c11-4-8-12-6-3-5(9(14)15)1-2-7(6)13(8)10(16)17/h1-3H,4H2,(H,14,15)(H,16,17). The molecule has 0 saturated carbocycles. The number of nitrogens with zero attached hydrogens (tertiary/aromatic N) is 2. The Morgan fingerprint density at radius 3 is 2.59 bits per heavy atom. The van der Waals surface area contributed by atoms with Crippen molar-refractivity contribution in [1.82, 2.24) is 9.55 Å². The fraction of sp³-hybridized carbons (Fsp3) is 0.100. The summed E-state index contributed by atoms with van der Waals surface area (Å²) in [6, 6.07) is 4.03. The molecule has 2 aromatic rings. The Bertz CT molecular complexity index is 620. The normalized spacial score (nSPS) is 10.6. The summed E-state index contributed by atoms with van der Waals surface area (Å²) in [5, 5.41) is 17.8. The predicted octanol–water partition coefficient (Wildman–Crippen LogP) is 2.00. The van der Waals surface area contributed by atoms with E-state index in [1.54, 1.807) is 0 Å². The number of carboxylic acid groups (broad SMARTS) is 2. The zero-order chi connectivity index (χ0) is 12.6. The Balaban J connectivity index is 2.74. The van der Waals surface area contributed by atoms with Crippen molar-refractivity contribution in [3.63, 3.8) is 0 Å². The van der Waals surface area contributed by atoms with Crippen LogP contribution in [0.3, 0.4) is 0 Å². The molecule has 1 heterocycles. The maximum Gasteiger partial charge on any atom is 0.417 e. The van der Waals surface area contributed by atoms with Crippen LogP contribution in [-0.2, 0) is 5.88 Å². The van der Waals surface area contributed by atoms with Crippen LogP contribution in [-0.4, -0.2) is 31.8 Å². The molecule has 0 spiro atoms. The molecule has 0 saturated heterocycles. The lowest BCUT2D eigenvalue weighted by Crippen LogP contribution is -2.10. The van der Waals surface area contributed by atoms with Gasteiger partial charge in [-0.3, -0.25) is 0 Å². The smallest absolute Gasteiger partial charge is 0.417 e. The molecule has 88 valence electrons. The van der Waals surface area contributed by atoms with Crippen molar-refractivity contribution >= 4 is 34.7 Å². The largest absolute Gasteiger partial charge is 0.478 e. The fourth-order valence-corrected chi connectivity index (χ4v) is 1.75. The van der Waals surface area contributed by atoms with Crippen LogP contribution in [0, 0.1) is 0 Å². The molecule has 0 aliphatic rings. The van der Waals surface area contributed by atoms with E-state index in [9.17, 15) is 9.59 Å². The molecule has 0 amide bonds. The van der Waals surface area contributed by atoms with Crippen LogP contribution >= 0.6 is 11.6 Å². The molecular formula is C10H7ClN2O4. The van der Waals surface area contributed by atoms with Crippen molar-refractivity contribution in [2.24, 2.45) is 0 Å². The number of imidazole rings is 1. The summed E-state index contributed by atoms with van der Waals surface area (Å²) >= 11 is 5.59. The SMILES string of the molecule is O=C(O)c1ccc2c(c1)nc(CCl)n2C(=O)O. The van der Waals surface area contributed by atoms with Gasteiger partial charge in [-0.15, -0.1) is 11.6 Å². The molecule has 1 aromatic carbocycles. The highest BCUT2D eigenvalue weighted by Crippen LogP contribution is 2.19. The summed E-state index contributed by atoms with van der Waals surface area (Å²) < 4.78 is 0.938. The zero-order valence-electron chi connectivity index (χ0n) is 8.42. The number of alkyl halides is 1. The van der Waals surface area contributed by atoms with Gasteiger partial charge in [-0.05, 0) is 18.2 Å². The van der Waals surface area contributed by atoms with E-state index in [4.69, 9.17) is 21.8 Å². The van der Waals surface area contributed by atoms with Gasteiger partial charge in [0.25, 0.3) is 0 Å². The number of aromatic nitrogens is 2. The van der Waals surface area contributed by atoms with Crippen LogP contribution in [0.2, 0.25) is 0 Å². The lowest BCUT2D eigenvalue weighted by molar-refractivity contribution is 0.0697. The third-order valence-corrected chi connectivity index (χ3v) is 2.52. The molecule has 2 N–H and O–H groups in total. The minimum atomic E-state index is -1.20. The molecule has 0 unspecified atom stereocenters. The van der Waals surface area contributed by atoms with Gasteiger partial charge in [-0.2, -0.15) is 0 Å². The fourth-order valence-electron chi connectivity index (χ4n) is 1.57. The molecule has 0 aliphatic heterocycles. The third-order valence-electron chi connectivity index (χ3n) is 2.28. The highest BCUT2D eigenvalue weighted by molar-refractivity contribution is 6.17. The molecule has 0 bridgehead atoms. The van der Waals surface area contributed by atoms with Crippen LogP contribution in [0.1, 0.15) is 16.2 Å². The topological polar surface area (TPSA) is 92.4 Å². The van der Waals surface area contributed by atoms with Crippen LogP contribution in [0.25, 0.3) is 11.0 Å². The molecule has 6 nitrogen and oxygen atoms in total. The number of hydrogen-bond acceptors (Lipinski definition) is 3. The molecule has 7 heteroatoms. The van der Waals surface area contributed by atoms with Gasteiger partial charge in [0.1, 0.15) is 5.82 Å². The van der Waals surface area contributed by atoms with Crippen molar-refractivity contribution in [2.75, 3.05) is 0 Å². The maximum absolute atomic E-state index is 11.0. The number of carbonyl (C=O) groups is 2. The van der Waals surface area contributed by atoms with E-state index in [1.807, 2.05) is 0 Å². The van der Waals surface area contributed by atoms with Crippen molar-refractivity contribution in [3.8, 4) is 0 Å². The quantitative estimate of drug-likeness (QED) is 0.800. The van der Waals surface area contributed by atoms with Gasteiger partial charge in [0, 0.05) is 0 Å². The number of hydrogen-bond donors (Lipinski definition) is 2. The van der Waals surface area contributed by atoms with E-state index in [0.29, 0.717) is 11.0 Å². The van der Waals surface area contributed by atoms with Gasteiger partial charge in [0.05, 0.1) is 22.5 Å². The molecule has 17 heavy (non-hydrogen) atoms. The number of aromatic carboxylic acids is 1. The van der Waals surface area contributed by atoms with Crippen LogP contribution < -0.4 is 0 Å². The van der Waals surface area contributed by atoms with E-state index in [-0.39, 0.29) is 17.3 Å². The minimum absolute atomic E-state index is 0.0497. The van der Waals surface area contributed by atoms with E-state index >= 15 is 0 Å². The van der Waals surface area contributed by atoms with Gasteiger partial charge >= 0.3 is 12.1 Å². The van der Waals surface area contributed by atoms with Gasteiger partial charge in [0.15, 0.2) is 0 Å². The number of halogens is 1. The Kier molecular flexibility index (Phi) is 2.72. The average Bonchev–Trinajstić information content (AvgIpc) is 2.65. The van der Waals surface area contributed by atoms with E-state index < -0.39 is 12.1 Å². The maximum atomic E-state index is 11.0. The highest BCUT2D eigenvalue weighted by atomic mass is 35.5. The number of benzene rings is 1. The van der Waals surface area contributed by atoms with Crippen molar-refractivity contribution < 1.29 is 19.8 Å². The minimum Gasteiger partial charge on any atom is -0.478 e. The summed E-state index contributed by atoms with van der Waals surface area (Å²) in [6.45, 7) is 0. The van der Waals surface area contributed by atoms with Crippen molar-refractivity contribution in [2.45, 2.75) is 5.88 Å². The average molecular weight is 255 g/mol. The van der Waals surface area contributed by atoms with E-state index in [0.717, 1.165) is 4.57 Å². The van der Waals surface area contributed by atoms with Gasteiger partial charge in [-0.25, -0.2) is 19.1 Å². The summed E-state index contributed by atoms with van der Waals surface area (Å²) in [5.41, 5.74) is 0.662. The summed E-state index contributed by atoms with van der Waals surface area (Å²) in [4.78, 5) is 25.8. The van der Waals surface area contributed by atoms with Gasteiger partial charge < -0.3 is 10.2 Å². The number of fused-ring (bicyclic) bond motifs is 1. The first kappa shape index (κ1) is 11.4. The molecule has 0 atom stereocenters. The Hall–Kier alpha value is -2.08. The molecule has 2 rings (SSSR count). The van der Waals surface area contributed by atoms with E-state index in [2.05, 4.69) is 4.98 Å². The highest BCUT2D eigenvalue weighted by Gasteiger charge is 2.16. The van der Waals surface area contributed by atoms with Crippen LogP contribution in [0.15, 0.2) is 18.2 Å². The van der Waals surface area contributed by atoms with Crippen molar-refractivity contribution in [1.29, 1.82) is 0 Å². The Morgan fingerprint density at radius 1 is 1.35 bits per heavy atom. The summed E-state index contributed by atoms with van der Waals surface area (Å²) in [7, 11) is 0. The Morgan fingerprint density at radius 2 is 2.06 bits per heavy atom. The van der Waals surface area contributed by atoms with Gasteiger partial charge in [-0.1, -0.05) is 0 Å². The second-order valence-corrected chi connectivity index (χ2v) is 3.56. The number of carboxylic acids is 1. The van der Waals surface area contributed by atoms with Crippen molar-refractivity contribution in [3.05, 3.63) is 29.6 Å². The first-order chi connectivity index (χ1) is 8.04. The number of rotatable bonds is 2. The van der Waals surface area contributed by atoms with Gasteiger partial charge in [0.2, 0.25) is 0 Å². The zero-order valence-corrected chi connectivity index (χ0v) is 9.18. The lowest BCUT2D eigenvalue weighted by Gasteiger charge is -1.99. The first-order valence-corrected chi connectivity index (χ1v) is 5.12. The molecular weight excluding hydrogens is 248 g/mol. The van der Waals surface area contributed by atoms with Crippen LogP contribution in [0.4, 0.5) is 4.79 Å².